The molecule has 0 saturated carbocycles. The predicted octanol–water partition coefficient (Wildman–Crippen LogP) is 4.53. The van der Waals surface area contributed by atoms with Crippen LogP contribution in [0.3, 0.4) is 0 Å². The maximum absolute atomic E-state index is 14.0. The molecule has 2 fully saturated rings. The highest BCUT2D eigenvalue weighted by atomic mass is 16.7. The molecule has 0 bridgehead atoms. The predicted molar refractivity (Wildman–Crippen MR) is 156 cm³/mol. The number of amides is 1. The van der Waals surface area contributed by atoms with Crippen molar-refractivity contribution in [2.75, 3.05) is 37.9 Å². The van der Waals surface area contributed by atoms with Crippen LogP contribution in [0.4, 0.5) is 5.69 Å². The third-order valence-electron chi connectivity index (χ3n) is 8.75. The number of likely N-dealkylation sites (tertiary alicyclic amines) is 1. The van der Waals surface area contributed by atoms with Crippen LogP contribution in [0.1, 0.15) is 68.9 Å². The van der Waals surface area contributed by atoms with Gasteiger partial charge in [-0.3, -0.25) is 14.5 Å². The van der Waals surface area contributed by atoms with Crippen molar-refractivity contribution in [1.82, 2.24) is 4.90 Å². The number of hydrogen-bond donors (Lipinski definition) is 2. The molecule has 3 aliphatic rings. The van der Waals surface area contributed by atoms with Crippen molar-refractivity contribution in [3.63, 3.8) is 0 Å². The van der Waals surface area contributed by atoms with Gasteiger partial charge in [0.05, 0.1) is 18.6 Å². The highest BCUT2D eigenvalue weighted by molar-refractivity contribution is 5.95. The minimum absolute atomic E-state index is 0.0259. The first-order valence-corrected chi connectivity index (χ1v) is 15.1. The summed E-state index contributed by atoms with van der Waals surface area (Å²) >= 11 is 0. The molecule has 4 atom stereocenters. The van der Waals surface area contributed by atoms with E-state index in [4.69, 9.17) is 19.9 Å². The Balaban J connectivity index is 1.41. The summed E-state index contributed by atoms with van der Waals surface area (Å²) in [6.07, 6.45) is 6.62. The molecule has 9 heteroatoms. The number of carboxylic acid groups (broad SMARTS) is 1. The first kappa shape index (κ1) is 29.4. The van der Waals surface area contributed by atoms with Crippen molar-refractivity contribution < 1.29 is 28.9 Å². The second-order valence-electron chi connectivity index (χ2n) is 11.4. The SMILES string of the molecule is CCCCN(C(=O)CN1C[C@H](c2ccc3c(c2)OCO3)[C@@H](C(=O)O)[C@@H]1CCC1CCCCO1)c1cccc(CN)c1. The topological polar surface area (TPSA) is 115 Å². The maximum atomic E-state index is 14.0. The summed E-state index contributed by atoms with van der Waals surface area (Å²) < 4.78 is 17.1. The third-order valence-corrected chi connectivity index (χ3v) is 8.75. The molecule has 3 aliphatic heterocycles. The first-order valence-electron chi connectivity index (χ1n) is 15.1. The molecule has 1 amide bonds. The van der Waals surface area contributed by atoms with E-state index < -0.39 is 11.9 Å². The van der Waals surface area contributed by atoms with Crippen molar-refractivity contribution in [3.05, 3.63) is 53.6 Å². The van der Waals surface area contributed by atoms with Gasteiger partial charge in [-0.25, -0.2) is 0 Å². The second-order valence-corrected chi connectivity index (χ2v) is 11.4. The molecule has 2 aromatic rings. The van der Waals surface area contributed by atoms with Crippen LogP contribution in [0.15, 0.2) is 42.5 Å². The Kier molecular flexibility index (Phi) is 9.80. The highest BCUT2D eigenvalue weighted by Gasteiger charge is 2.47. The molecule has 5 rings (SSSR count). The zero-order valence-corrected chi connectivity index (χ0v) is 24.0. The van der Waals surface area contributed by atoms with Crippen LogP contribution in [0, 0.1) is 5.92 Å². The van der Waals surface area contributed by atoms with Crippen LogP contribution in [0.2, 0.25) is 0 Å². The van der Waals surface area contributed by atoms with Crippen molar-refractivity contribution in [2.45, 2.75) is 76.5 Å². The van der Waals surface area contributed by atoms with Crippen molar-refractivity contribution in [3.8, 4) is 11.5 Å². The zero-order chi connectivity index (χ0) is 28.8. The summed E-state index contributed by atoms with van der Waals surface area (Å²) in [4.78, 5) is 30.8. The quantitative estimate of drug-likeness (QED) is 0.386. The average Bonchev–Trinajstić information content (AvgIpc) is 3.61. The zero-order valence-electron chi connectivity index (χ0n) is 24.0. The maximum Gasteiger partial charge on any atom is 0.308 e. The van der Waals surface area contributed by atoms with Crippen LogP contribution >= 0.6 is 0 Å². The molecule has 3 heterocycles. The fourth-order valence-electron chi connectivity index (χ4n) is 6.55. The number of hydrogen-bond acceptors (Lipinski definition) is 7. The number of benzene rings is 2. The molecule has 2 saturated heterocycles. The van der Waals surface area contributed by atoms with Crippen molar-refractivity contribution in [1.29, 1.82) is 0 Å². The van der Waals surface area contributed by atoms with Gasteiger partial charge in [-0.05, 0) is 73.9 Å². The number of nitrogens with two attached hydrogens (primary N) is 1. The van der Waals surface area contributed by atoms with Gasteiger partial charge in [0.15, 0.2) is 11.5 Å². The number of carboxylic acids is 1. The molecular weight excluding hydrogens is 522 g/mol. The Labute approximate surface area is 242 Å². The normalized spacial score (nSPS) is 24.0. The summed E-state index contributed by atoms with van der Waals surface area (Å²) in [5.41, 5.74) is 8.59. The Morgan fingerprint density at radius 2 is 1.95 bits per heavy atom. The average molecular weight is 566 g/mol. The van der Waals surface area contributed by atoms with E-state index in [0.717, 1.165) is 61.9 Å². The van der Waals surface area contributed by atoms with E-state index in [2.05, 4.69) is 11.8 Å². The van der Waals surface area contributed by atoms with Gasteiger partial charge in [0.2, 0.25) is 12.7 Å². The van der Waals surface area contributed by atoms with E-state index in [1.165, 1.54) is 0 Å². The number of rotatable bonds is 12. The Bertz CT molecular complexity index is 1200. The van der Waals surface area contributed by atoms with E-state index in [-0.39, 0.29) is 37.3 Å². The van der Waals surface area contributed by atoms with Crippen LogP contribution in [-0.2, 0) is 20.9 Å². The lowest BCUT2D eigenvalue weighted by Gasteiger charge is -2.31. The van der Waals surface area contributed by atoms with Crippen molar-refractivity contribution in [2.24, 2.45) is 11.7 Å². The van der Waals surface area contributed by atoms with Gasteiger partial charge >= 0.3 is 5.97 Å². The lowest BCUT2D eigenvalue weighted by molar-refractivity contribution is -0.143. The van der Waals surface area contributed by atoms with Crippen LogP contribution < -0.4 is 20.1 Å². The first-order chi connectivity index (χ1) is 20.0. The number of unbranched alkanes of at least 4 members (excludes halogenated alkanes) is 1. The molecule has 41 heavy (non-hydrogen) atoms. The third kappa shape index (κ3) is 6.85. The number of ether oxygens (including phenoxy) is 3. The smallest absolute Gasteiger partial charge is 0.308 e. The molecule has 3 N–H and O–H groups in total. The van der Waals surface area contributed by atoms with E-state index in [0.29, 0.717) is 37.6 Å². The van der Waals surface area contributed by atoms with Crippen LogP contribution in [0.25, 0.3) is 0 Å². The number of aliphatic carboxylic acids is 1. The lowest BCUT2D eigenvalue weighted by atomic mass is 9.83. The van der Waals surface area contributed by atoms with Gasteiger partial charge in [-0.15, -0.1) is 0 Å². The number of carbonyl (C=O) groups is 2. The standard InChI is InChI=1S/C32H43N3O6/c1-2-3-14-35(24-8-6-7-22(16-24)18-33)30(36)20-34-19-26(23-10-13-28-29(17-23)41-21-40-28)31(32(37)38)27(34)12-11-25-9-4-5-15-39-25/h6-8,10,13,16-17,25-27,31H,2-5,9,11-12,14-15,18-21,33H2,1H3,(H,37,38)/t25?,26-,27+,31-/m1/s1. The number of nitrogens with zero attached hydrogens (tertiary/aromatic N) is 2. The van der Waals surface area contributed by atoms with Gasteiger partial charge in [0, 0.05) is 43.9 Å². The Morgan fingerprint density at radius 1 is 1.10 bits per heavy atom. The summed E-state index contributed by atoms with van der Waals surface area (Å²) in [7, 11) is 0. The molecule has 0 spiro atoms. The van der Waals surface area contributed by atoms with Gasteiger partial charge in [-0.2, -0.15) is 0 Å². The number of anilines is 1. The number of fused-ring (bicyclic) bond motifs is 1. The summed E-state index contributed by atoms with van der Waals surface area (Å²) in [6.45, 7) is 4.66. The Morgan fingerprint density at radius 3 is 2.71 bits per heavy atom. The highest BCUT2D eigenvalue weighted by Crippen LogP contribution is 2.43. The number of carbonyl (C=O) groups excluding carboxylic acids is 1. The summed E-state index contributed by atoms with van der Waals surface area (Å²) in [5, 5.41) is 10.5. The molecule has 222 valence electrons. The molecule has 1 unspecified atom stereocenters. The van der Waals surface area contributed by atoms with E-state index in [9.17, 15) is 14.7 Å². The lowest BCUT2D eigenvalue weighted by Crippen LogP contribution is -2.45. The van der Waals surface area contributed by atoms with E-state index in [1.807, 2.05) is 47.4 Å². The summed E-state index contributed by atoms with van der Waals surface area (Å²) in [5.74, 6) is -0.493. The van der Waals surface area contributed by atoms with E-state index >= 15 is 0 Å². The van der Waals surface area contributed by atoms with Gasteiger partial charge in [0.1, 0.15) is 0 Å². The Hall–Kier alpha value is -3.14. The second kappa shape index (κ2) is 13.7. The van der Waals surface area contributed by atoms with Gasteiger partial charge in [0.25, 0.3) is 0 Å². The molecule has 9 nitrogen and oxygen atoms in total. The fourth-order valence-corrected chi connectivity index (χ4v) is 6.55. The van der Waals surface area contributed by atoms with Crippen LogP contribution in [-0.4, -0.2) is 67.1 Å². The minimum atomic E-state index is -0.837. The monoisotopic (exact) mass is 565 g/mol. The summed E-state index contributed by atoms with van der Waals surface area (Å²) in [6, 6.07) is 13.2. The van der Waals surface area contributed by atoms with Crippen molar-refractivity contribution >= 4 is 17.6 Å². The molecule has 0 aromatic heterocycles. The minimum Gasteiger partial charge on any atom is -0.481 e. The molecule has 0 aliphatic carbocycles. The molecular formula is C32H43N3O6. The largest absolute Gasteiger partial charge is 0.481 e. The fraction of sp³-hybridized carbons (Fsp3) is 0.562. The molecule has 2 aromatic carbocycles. The van der Waals surface area contributed by atoms with Gasteiger partial charge in [-0.1, -0.05) is 31.5 Å². The van der Waals surface area contributed by atoms with Gasteiger partial charge < -0.3 is 30.0 Å². The van der Waals surface area contributed by atoms with Crippen LogP contribution in [0.5, 0.6) is 11.5 Å². The van der Waals surface area contributed by atoms with E-state index in [1.54, 1.807) is 0 Å². The molecule has 0 radical (unpaired) electrons.